The molecular weight excluding hydrogens is 574 g/mol. The molecule has 5 amide bonds. The highest BCUT2D eigenvalue weighted by atomic mass is 16.2. The van der Waals surface area contributed by atoms with Crippen molar-refractivity contribution in [1.29, 1.82) is 0 Å². The molecule has 11 heteroatoms. The van der Waals surface area contributed by atoms with Crippen molar-refractivity contribution in [3.63, 3.8) is 0 Å². The van der Waals surface area contributed by atoms with Crippen LogP contribution in [0.5, 0.6) is 0 Å². The van der Waals surface area contributed by atoms with E-state index in [2.05, 4.69) is 16.0 Å². The quantitative estimate of drug-likeness (QED) is 0.232. The number of benzene rings is 1. The molecule has 2 aliphatic rings. The zero-order valence-electron chi connectivity index (χ0n) is 27.7. The minimum atomic E-state index is -1.11. The Morgan fingerprint density at radius 2 is 1.53 bits per heavy atom. The number of carbonyl (C=O) groups excluding carboxylic acids is 6. The highest BCUT2D eigenvalue weighted by molar-refractivity contribution is 6.37. The summed E-state index contributed by atoms with van der Waals surface area (Å²) in [4.78, 5) is 80.4. The smallest absolute Gasteiger partial charge is 0.316 e. The van der Waals surface area contributed by atoms with Gasteiger partial charge < -0.3 is 26.6 Å². The summed E-state index contributed by atoms with van der Waals surface area (Å²) in [7, 11) is 0. The van der Waals surface area contributed by atoms with Crippen molar-refractivity contribution < 1.29 is 28.8 Å². The molecular formula is C34H51N5O6. The maximum Gasteiger partial charge on any atom is 0.316 e. The number of hydrogen-bond acceptors (Lipinski definition) is 6. The lowest BCUT2D eigenvalue weighted by Gasteiger charge is -2.37. The van der Waals surface area contributed by atoms with E-state index in [1.54, 1.807) is 0 Å². The lowest BCUT2D eigenvalue weighted by Crippen LogP contribution is -2.62. The van der Waals surface area contributed by atoms with E-state index in [-0.39, 0.29) is 42.4 Å². The molecule has 2 fully saturated rings. The van der Waals surface area contributed by atoms with Crippen molar-refractivity contribution in [3.8, 4) is 0 Å². The average molecular weight is 626 g/mol. The summed E-state index contributed by atoms with van der Waals surface area (Å²) in [5.74, 6) is -3.16. The van der Waals surface area contributed by atoms with Gasteiger partial charge in [0, 0.05) is 13.0 Å². The number of Topliss-reactive ketones (excluding diaryl/α,β-unsaturated/α-hetero) is 2. The van der Waals surface area contributed by atoms with Crippen LogP contribution in [0.1, 0.15) is 79.7 Å². The largest absolute Gasteiger partial charge is 0.363 e. The molecule has 0 radical (unpaired) electrons. The Labute approximate surface area is 266 Å². The minimum absolute atomic E-state index is 0.0408. The number of likely N-dealkylation sites (tertiary alicyclic amines) is 1. The number of rotatable bonds is 14. The third kappa shape index (κ3) is 9.61. The van der Waals surface area contributed by atoms with E-state index in [1.165, 1.54) is 4.90 Å². The molecule has 1 aliphatic heterocycles. The van der Waals surface area contributed by atoms with Gasteiger partial charge in [-0.15, -0.1) is 0 Å². The number of nitrogens with one attached hydrogen (secondary N) is 3. The lowest BCUT2D eigenvalue weighted by molar-refractivity contribution is -0.144. The van der Waals surface area contributed by atoms with Crippen LogP contribution in [-0.4, -0.2) is 70.9 Å². The third-order valence-corrected chi connectivity index (χ3v) is 8.90. The molecule has 1 aromatic carbocycles. The number of primary amides is 1. The number of urea groups is 1. The first-order chi connectivity index (χ1) is 21.0. The molecule has 1 saturated heterocycles. The summed E-state index contributed by atoms with van der Waals surface area (Å²) in [6.07, 6.45) is 2.87. The van der Waals surface area contributed by atoms with Crippen molar-refractivity contribution in [2.45, 2.75) is 105 Å². The number of amides is 5. The molecule has 5 N–H and O–H groups in total. The molecule has 0 aromatic heterocycles. The Morgan fingerprint density at radius 3 is 2.04 bits per heavy atom. The van der Waals surface area contributed by atoms with Crippen LogP contribution in [0, 0.1) is 29.1 Å². The third-order valence-electron chi connectivity index (χ3n) is 8.90. The van der Waals surface area contributed by atoms with Crippen molar-refractivity contribution in [2.75, 3.05) is 6.54 Å². The average Bonchev–Trinajstić information content (AvgIpc) is 3.66. The second-order valence-electron chi connectivity index (χ2n) is 14.4. The molecule has 0 spiro atoms. The van der Waals surface area contributed by atoms with Gasteiger partial charge in [-0.2, -0.15) is 0 Å². The summed E-state index contributed by atoms with van der Waals surface area (Å²) < 4.78 is 0. The standard InChI is InChI=1S/C34H51N5O6/c1-19(2)23-15-16-39(27(23)31(43)36-24(17-22-13-14-22)28(41)30(35)42)32(44)29(34(5,6)7)38-33(45)37-26(20(3)4)25(40)18-21-11-9-8-10-12-21/h8-12,19-20,22-24,26-27,29H,13-18H2,1-7H3,(H2,35,42)(H,36,43)(H2,37,38,45)/t23-,24?,26+,27+,29-/m1/s1. The summed E-state index contributed by atoms with van der Waals surface area (Å²) in [5, 5.41) is 8.35. The Balaban J connectivity index is 1.80. The van der Waals surface area contributed by atoms with Gasteiger partial charge in [-0.25, -0.2) is 4.79 Å². The zero-order chi connectivity index (χ0) is 33.6. The van der Waals surface area contributed by atoms with Crippen molar-refractivity contribution >= 4 is 35.3 Å². The van der Waals surface area contributed by atoms with Crippen LogP contribution in [0.25, 0.3) is 0 Å². The molecule has 1 aromatic rings. The highest BCUT2D eigenvalue weighted by Gasteiger charge is 2.48. The number of carbonyl (C=O) groups is 6. The summed E-state index contributed by atoms with van der Waals surface area (Å²) in [6, 6.07) is 4.89. The predicted octanol–water partition coefficient (Wildman–Crippen LogP) is 2.75. The van der Waals surface area contributed by atoms with Crippen LogP contribution in [0.2, 0.25) is 0 Å². The molecule has 248 valence electrons. The molecule has 45 heavy (non-hydrogen) atoms. The van der Waals surface area contributed by atoms with Crippen molar-refractivity contribution in [1.82, 2.24) is 20.9 Å². The molecule has 1 aliphatic carbocycles. The molecule has 5 atom stereocenters. The van der Waals surface area contributed by atoms with Gasteiger partial charge in [0.1, 0.15) is 12.1 Å². The van der Waals surface area contributed by atoms with Gasteiger partial charge >= 0.3 is 6.03 Å². The Bertz CT molecular complexity index is 1250. The normalized spacial score (nSPS) is 20.3. The second-order valence-corrected chi connectivity index (χ2v) is 14.4. The van der Waals surface area contributed by atoms with Gasteiger partial charge in [0.15, 0.2) is 5.78 Å². The van der Waals surface area contributed by atoms with E-state index < -0.39 is 59.1 Å². The van der Waals surface area contributed by atoms with Gasteiger partial charge in [-0.3, -0.25) is 24.0 Å². The SMILES string of the molecule is CC(C)[C@H](NC(=O)N[C@H](C(=O)N1CC[C@H](C(C)C)[C@H]1C(=O)NC(CC1CC1)C(=O)C(N)=O)C(C)(C)C)C(=O)Cc1ccccc1. The number of hydrogen-bond donors (Lipinski definition) is 4. The number of ketones is 2. The van der Waals surface area contributed by atoms with Crippen LogP contribution in [0.4, 0.5) is 4.79 Å². The summed E-state index contributed by atoms with van der Waals surface area (Å²) in [5.41, 5.74) is 5.38. The molecule has 1 unspecified atom stereocenters. The van der Waals surface area contributed by atoms with E-state index in [0.29, 0.717) is 12.8 Å². The topological polar surface area (TPSA) is 168 Å². The maximum atomic E-state index is 14.2. The number of nitrogens with two attached hydrogens (primary N) is 1. The first-order valence-electron chi connectivity index (χ1n) is 16.1. The molecule has 1 saturated carbocycles. The van der Waals surface area contributed by atoms with Crippen LogP contribution in [0.3, 0.4) is 0 Å². The van der Waals surface area contributed by atoms with E-state index in [0.717, 1.165) is 18.4 Å². The maximum absolute atomic E-state index is 14.2. The Hall–Kier alpha value is -3.76. The van der Waals surface area contributed by atoms with Crippen LogP contribution < -0.4 is 21.7 Å². The van der Waals surface area contributed by atoms with E-state index in [1.807, 2.05) is 78.8 Å². The first-order valence-corrected chi connectivity index (χ1v) is 16.1. The van der Waals surface area contributed by atoms with E-state index in [9.17, 15) is 28.8 Å². The lowest BCUT2D eigenvalue weighted by atomic mass is 9.84. The Morgan fingerprint density at radius 1 is 0.911 bits per heavy atom. The van der Waals surface area contributed by atoms with Gasteiger partial charge in [-0.05, 0) is 47.5 Å². The fourth-order valence-electron chi connectivity index (χ4n) is 6.10. The van der Waals surface area contributed by atoms with E-state index in [4.69, 9.17) is 5.73 Å². The van der Waals surface area contributed by atoms with Crippen molar-refractivity contribution in [3.05, 3.63) is 35.9 Å². The van der Waals surface area contributed by atoms with E-state index >= 15 is 0 Å². The summed E-state index contributed by atoms with van der Waals surface area (Å²) in [6.45, 7) is 13.4. The second kappa shape index (κ2) is 15.0. The predicted molar refractivity (Wildman–Crippen MR) is 171 cm³/mol. The summed E-state index contributed by atoms with van der Waals surface area (Å²) >= 11 is 0. The van der Waals surface area contributed by atoms with Crippen LogP contribution >= 0.6 is 0 Å². The fourth-order valence-corrected chi connectivity index (χ4v) is 6.10. The molecule has 0 bridgehead atoms. The highest BCUT2D eigenvalue weighted by Crippen LogP contribution is 2.35. The molecule has 11 nitrogen and oxygen atoms in total. The van der Waals surface area contributed by atoms with Crippen LogP contribution in [0.15, 0.2) is 30.3 Å². The molecule has 3 rings (SSSR count). The van der Waals surface area contributed by atoms with Crippen molar-refractivity contribution in [2.24, 2.45) is 34.8 Å². The zero-order valence-corrected chi connectivity index (χ0v) is 27.7. The fraction of sp³-hybridized carbons (Fsp3) is 0.647. The van der Waals surface area contributed by atoms with Gasteiger partial charge in [0.2, 0.25) is 17.6 Å². The number of nitrogens with zero attached hydrogens (tertiary/aromatic N) is 1. The van der Waals surface area contributed by atoms with Gasteiger partial charge in [0.05, 0.1) is 12.1 Å². The Kier molecular flexibility index (Phi) is 11.9. The van der Waals surface area contributed by atoms with Gasteiger partial charge in [-0.1, -0.05) is 91.6 Å². The molecule has 1 heterocycles. The van der Waals surface area contributed by atoms with Crippen LogP contribution in [-0.2, 0) is 30.4 Å². The first kappa shape index (κ1) is 35.7. The van der Waals surface area contributed by atoms with Gasteiger partial charge in [0.25, 0.3) is 5.91 Å². The minimum Gasteiger partial charge on any atom is -0.363 e. The monoisotopic (exact) mass is 625 g/mol.